The van der Waals surface area contributed by atoms with Crippen molar-refractivity contribution >= 4 is 11.7 Å². The number of aliphatic hydroxyl groups excluding tert-OH is 2. The van der Waals surface area contributed by atoms with E-state index in [-0.39, 0.29) is 38.4 Å². The zero-order valence-electron chi connectivity index (χ0n) is 11.9. The number of anilines is 1. The third kappa shape index (κ3) is 6.31. The van der Waals surface area contributed by atoms with Gasteiger partial charge in [-0.2, -0.15) is 13.2 Å². The van der Waals surface area contributed by atoms with Crippen LogP contribution in [0.5, 0.6) is 0 Å². The Morgan fingerprint density at radius 2 is 1.73 bits per heavy atom. The Bertz CT molecular complexity index is 475. The van der Waals surface area contributed by atoms with Gasteiger partial charge in [-0.1, -0.05) is 18.2 Å². The third-order valence-corrected chi connectivity index (χ3v) is 2.96. The summed E-state index contributed by atoms with van der Waals surface area (Å²) in [5, 5.41) is 20.3. The Morgan fingerprint density at radius 1 is 1.14 bits per heavy atom. The van der Waals surface area contributed by atoms with Crippen LogP contribution in [0.3, 0.4) is 0 Å². The molecular weight excluding hydrogens is 301 g/mol. The molecule has 0 heterocycles. The first-order chi connectivity index (χ1) is 10.4. The second kappa shape index (κ2) is 8.60. The smallest absolute Gasteiger partial charge is 0.389 e. The summed E-state index contributed by atoms with van der Waals surface area (Å²) in [5.41, 5.74) is 0.666. The number of nitrogens with one attached hydrogen (secondary N) is 1. The van der Waals surface area contributed by atoms with Gasteiger partial charge in [0.1, 0.15) is 0 Å². The fourth-order valence-electron chi connectivity index (χ4n) is 1.89. The number of amides is 2. The molecule has 0 unspecified atom stereocenters. The Kier molecular flexibility index (Phi) is 7.13. The number of carbonyl (C=O) groups is 1. The van der Waals surface area contributed by atoms with E-state index in [1.807, 2.05) is 0 Å². The van der Waals surface area contributed by atoms with Crippen LogP contribution in [0.4, 0.5) is 23.7 Å². The molecule has 22 heavy (non-hydrogen) atoms. The van der Waals surface area contributed by atoms with E-state index in [0.29, 0.717) is 5.56 Å². The van der Waals surface area contributed by atoms with Gasteiger partial charge in [0.2, 0.25) is 0 Å². The molecule has 0 fully saturated rings. The Balaban J connectivity index is 2.77. The van der Waals surface area contributed by atoms with E-state index >= 15 is 0 Å². The van der Waals surface area contributed by atoms with Crippen LogP contribution < -0.4 is 5.32 Å². The minimum Gasteiger partial charge on any atom is -0.395 e. The second-order valence-corrected chi connectivity index (χ2v) is 4.64. The summed E-state index contributed by atoms with van der Waals surface area (Å²) in [6.45, 7) is -0.500. The lowest BCUT2D eigenvalue weighted by Gasteiger charge is -2.22. The van der Waals surface area contributed by atoms with E-state index in [9.17, 15) is 18.0 Å². The van der Waals surface area contributed by atoms with E-state index in [0.717, 1.165) is 0 Å². The molecule has 0 aliphatic rings. The highest BCUT2D eigenvalue weighted by molar-refractivity contribution is 5.90. The number of para-hydroxylation sites is 1. The largest absolute Gasteiger partial charge is 0.395 e. The van der Waals surface area contributed by atoms with Crippen LogP contribution in [0.15, 0.2) is 24.3 Å². The molecule has 8 heteroatoms. The SMILES string of the molecule is O=C(Nc1ccccc1CCC(F)(F)F)N(CCO)CCO. The van der Waals surface area contributed by atoms with E-state index in [2.05, 4.69) is 5.32 Å². The standard InChI is InChI=1S/C14H19F3N2O3/c15-14(16,17)6-5-11-3-1-2-4-12(11)18-13(22)19(7-9-20)8-10-21/h1-4,20-21H,5-10H2,(H,18,22). The van der Waals surface area contributed by atoms with Crippen molar-refractivity contribution in [2.75, 3.05) is 31.6 Å². The topological polar surface area (TPSA) is 72.8 Å². The van der Waals surface area contributed by atoms with Gasteiger partial charge in [-0.05, 0) is 18.1 Å². The Hall–Kier alpha value is -1.80. The van der Waals surface area contributed by atoms with Crippen molar-refractivity contribution in [2.24, 2.45) is 0 Å². The number of urea groups is 1. The van der Waals surface area contributed by atoms with Crippen LogP contribution in [-0.4, -0.2) is 53.6 Å². The van der Waals surface area contributed by atoms with Crippen molar-refractivity contribution in [3.8, 4) is 0 Å². The summed E-state index contributed by atoms with van der Waals surface area (Å²) in [6, 6.07) is 5.65. The molecule has 1 aromatic rings. The van der Waals surface area contributed by atoms with Crippen LogP contribution in [-0.2, 0) is 6.42 Å². The third-order valence-electron chi connectivity index (χ3n) is 2.96. The molecule has 0 aromatic heterocycles. The monoisotopic (exact) mass is 320 g/mol. The second-order valence-electron chi connectivity index (χ2n) is 4.64. The van der Waals surface area contributed by atoms with Crippen LogP contribution in [0.1, 0.15) is 12.0 Å². The highest BCUT2D eigenvalue weighted by atomic mass is 19.4. The minimum absolute atomic E-state index is 0.0249. The predicted octanol–water partition coefficient (Wildman–Crippen LogP) is 2.00. The highest BCUT2D eigenvalue weighted by Gasteiger charge is 2.27. The van der Waals surface area contributed by atoms with Gasteiger partial charge in [-0.25, -0.2) is 4.79 Å². The number of benzene rings is 1. The fraction of sp³-hybridized carbons (Fsp3) is 0.500. The van der Waals surface area contributed by atoms with Crippen LogP contribution in [0.2, 0.25) is 0 Å². The predicted molar refractivity (Wildman–Crippen MR) is 75.6 cm³/mol. The van der Waals surface area contributed by atoms with Gasteiger partial charge in [0.05, 0.1) is 13.2 Å². The van der Waals surface area contributed by atoms with Crippen LogP contribution in [0.25, 0.3) is 0 Å². The summed E-state index contributed by atoms with van der Waals surface area (Å²) in [5.74, 6) is 0. The fourth-order valence-corrected chi connectivity index (χ4v) is 1.89. The molecule has 5 nitrogen and oxygen atoms in total. The molecule has 2 amide bonds. The molecule has 1 rings (SSSR count). The average molecular weight is 320 g/mol. The average Bonchev–Trinajstić information content (AvgIpc) is 2.45. The summed E-state index contributed by atoms with van der Waals surface area (Å²) in [4.78, 5) is 13.2. The number of aryl methyl sites for hydroxylation is 1. The normalized spacial score (nSPS) is 11.3. The van der Waals surface area contributed by atoms with Gasteiger partial charge in [-0.15, -0.1) is 0 Å². The van der Waals surface area contributed by atoms with Crippen molar-refractivity contribution in [3.63, 3.8) is 0 Å². The number of hydrogen-bond acceptors (Lipinski definition) is 3. The quantitative estimate of drug-likeness (QED) is 0.719. The Labute approximate surface area is 126 Å². The first-order valence-electron chi connectivity index (χ1n) is 6.79. The summed E-state index contributed by atoms with van der Waals surface area (Å²) >= 11 is 0. The molecule has 3 N–H and O–H groups in total. The molecule has 124 valence electrons. The van der Waals surface area contributed by atoms with E-state index < -0.39 is 18.6 Å². The van der Waals surface area contributed by atoms with Gasteiger partial charge >= 0.3 is 12.2 Å². The van der Waals surface area contributed by atoms with Crippen molar-refractivity contribution in [2.45, 2.75) is 19.0 Å². The van der Waals surface area contributed by atoms with Gasteiger partial charge in [0.15, 0.2) is 0 Å². The molecule has 0 saturated carbocycles. The number of nitrogens with zero attached hydrogens (tertiary/aromatic N) is 1. The number of carbonyl (C=O) groups excluding carboxylic acids is 1. The lowest BCUT2D eigenvalue weighted by atomic mass is 10.1. The maximum atomic E-state index is 12.3. The summed E-state index contributed by atoms with van der Waals surface area (Å²) < 4.78 is 36.9. The molecule has 0 spiro atoms. The van der Waals surface area contributed by atoms with Gasteiger partial charge < -0.3 is 20.4 Å². The molecule has 0 saturated heterocycles. The number of rotatable bonds is 7. The molecule has 1 aromatic carbocycles. The molecule has 0 bridgehead atoms. The highest BCUT2D eigenvalue weighted by Crippen LogP contribution is 2.25. The van der Waals surface area contributed by atoms with Crippen molar-refractivity contribution < 1.29 is 28.2 Å². The molecule has 0 radical (unpaired) electrons. The first-order valence-corrected chi connectivity index (χ1v) is 6.79. The summed E-state index contributed by atoms with van der Waals surface area (Å²) in [6.07, 6.45) is -5.48. The molecule has 0 aliphatic heterocycles. The number of alkyl halides is 3. The minimum atomic E-state index is -4.27. The van der Waals surface area contributed by atoms with Gasteiger partial charge in [0.25, 0.3) is 0 Å². The molecule has 0 atom stereocenters. The first kappa shape index (κ1) is 18.2. The van der Waals surface area contributed by atoms with E-state index in [1.54, 1.807) is 12.1 Å². The van der Waals surface area contributed by atoms with Crippen LogP contribution in [0, 0.1) is 0 Å². The molecular formula is C14H19F3N2O3. The maximum Gasteiger partial charge on any atom is 0.389 e. The maximum absolute atomic E-state index is 12.3. The zero-order chi connectivity index (χ0) is 16.6. The van der Waals surface area contributed by atoms with Crippen molar-refractivity contribution in [1.82, 2.24) is 4.90 Å². The van der Waals surface area contributed by atoms with Gasteiger partial charge in [-0.3, -0.25) is 0 Å². The lowest BCUT2D eigenvalue weighted by molar-refractivity contribution is -0.133. The summed E-state index contributed by atoms with van der Waals surface area (Å²) in [7, 11) is 0. The zero-order valence-corrected chi connectivity index (χ0v) is 11.9. The lowest BCUT2D eigenvalue weighted by Crippen LogP contribution is -2.39. The number of hydrogen-bond donors (Lipinski definition) is 3. The van der Waals surface area contributed by atoms with E-state index in [4.69, 9.17) is 10.2 Å². The Morgan fingerprint density at radius 3 is 2.27 bits per heavy atom. The van der Waals surface area contributed by atoms with Crippen LogP contribution >= 0.6 is 0 Å². The van der Waals surface area contributed by atoms with Crippen molar-refractivity contribution in [1.29, 1.82) is 0 Å². The van der Waals surface area contributed by atoms with E-state index in [1.165, 1.54) is 17.0 Å². The van der Waals surface area contributed by atoms with Crippen molar-refractivity contribution in [3.05, 3.63) is 29.8 Å². The number of halogens is 3. The van der Waals surface area contributed by atoms with Gasteiger partial charge in [0, 0.05) is 25.2 Å². The molecule has 0 aliphatic carbocycles. The number of aliphatic hydroxyl groups is 2.